The second-order valence-electron chi connectivity index (χ2n) is 3.97. The summed E-state index contributed by atoms with van der Waals surface area (Å²) in [7, 11) is 0. The molecule has 0 aromatic heterocycles. The molecule has 0 aliphatic carbocycles. The average molecular weight is 319 g/mol. The number of hydrogen-bond acceptors (Lipinski definition) is 3. The molecule has 0 heterocycles. The lowest BCUT2D eigenvalue weighted by atomic mass is 10.1. The van der Waals surface area contributed by atoms with Crippen LogP contribution >= 0.6 is 15.9 Å². The SMILES string of the molecule is NC(CCNCCc1cc(Br)ccc1F)C(=O)O. The van der Waals surface area contributed by atoms with Crippen molar-refractivity contribution in [3.63, 3.8) is 0 Å². The Morgan fingerprint density at radius 3 is 2.89 bits per heavy atom. The Bertz CT molecular complexity index is 415. The lowest BCUT2D eigenvalue weighted by molar-refractivity contribution is -0.138. The Hall–Kier alpha value is -0.980. The van der Waals surface area contributed by atoms with Gasteiger partial charge in [-0.1, -0.05) is 15.9 Å². The van der Waals surface area contributed by atoms with Crippen molar-refractivity contribution in [2.45, 2.75) is 18.9 Å². The van der Waals surface area contributed by atoms with Gasteiger partial charge in [0.1, 0.15) is 11.9 Å². The van der Waals surface area contributed by atoms with Crippen LogP contribution in [0.1, 0.15) is 12.0 Å². The van der Waals surface area contributed by atoms with E-state index in [0.717, 1.165) is 4.47 Å². The lowest BCUT2D eigenvalue weighted by Crippen LogP contribution is -2.34. The first-order chi connectivity index (χ1) is 8.50. The van der Waals surface area contributed by atoms with Gasteiger partial charge in [0, 0.05) is 4.47 Å². The second kappa shape index (κ2) is 7.45. The molecule has 0 bridgehead atoms. The van der Waals surface area contributed by atoms with Crippen molar-refractivity contribution in [2.75, 3.05) is 13.1 Å². The van der Waals surface area contributed by atoms with Gasteiger partial charge in [-0.2, -0.15) is 0 Å². The molecule has 4 nitrogen and oxygen atoms in total. The summed E-state index contributed by atoms with van der Waals surface area (Å²) in [4.78, 5) is 10.5. The Labute approximate surface area is 113 Å². The van der Waals surface area contributed by atoms with Crippen LogP contribution in [0.25, 0.3) is 0 Å². The minimum Gasteiger partial charge on any atom is -0.480 e. The molecule has 1 atom stereocenters. The van der Waals surface area contributed by atoms with Gasteiger partial charge < -0.3 is 16.2 Å². The van der Waals surface area contributed by atoms with E-state index < -0.39 is 12.0 Å². The van der Waals surface area contributed by atoms with Crippen molar-refractivity contribution < 1.29 is 14.3 Å². The maximum atomic E-state index is 13.4. The second-order valence-corrected chi connectivity index (χ2v) is 4.88. The molecule has 0 amide bonds. The molecule has 18 heavy (non-hydrogen) atoms. The van der Waals surface area contributed by atoms with Gasteiger partial charge in [-0.3, -0.25) is 4.79 Å². The van der Waals surface area contributed by atoms with E-state index in [1.807, 2.05) is 0 Å². The Morgan fingerprint density at radius 2 is 2.22 bits per heavy atom. The zero-order valence-corrected chi connectivity index (χ0v) is 11.4. The smallest absolute Gasteiger partial charge is 0.320 e. The van der Waals surface area contributed by atoms with Crippen LogP contribution in [0.5, 0.6) is 0 Å². The van der Waals surface area contributed by atoms with Crippen LogP contribution in [0, 0.1) is 5.82 Å². The first kappa shape index (κ1) is 15.1. The van der Waals surface area contributed by atoms with E-state index in [4.69, 9.17) is 10.8 Å². The quantitative estimate of drug-likeness (QED) is 0.666. The fourth-order valence-electron chi connectivity index (χ4n) is 1.46. The highest BCUT2D eigenvalue weighted by molar-refractivity contribution is 9.10. The van der Waals surface area contributed by atoms with Gasteiger partial charge in [0.2, 0.25) is 0 Å². The summed E-state index contributed by atoms with van der Waals surface area (Å²) in [5, 5.41) is 11.6. The molecule has 1 aromatic rings. The number of aliphatic carboxylic acids is 1. The van der Waals surface area contributed by atoms with Gasteiger partial charge >= 0.3 is 5.97 Å². The summed E-state index contributed by atoms with van der Waals surface area (Å²) >= 11 is 3.29. The molecular weight excluding hydrogens is 303 g/mol. The molecule has 100 valence electrons. The summed E-state index contributed by atoms with van der Waals surface area (Å²) in [6.45, 7) is 1.09. The molecular formula is C12H16BrFN2O2. The normalized spacial score (nSPS) is 12.4. The van der Waals surface area contributed by atoms with Crippen LogP contribution in [0.2, 0.25) is 0 Å². The topological polar surface area (TPSA) is 75.3 Å². The number of nitrogens with one attached hydrogen (secondary N) is 1. The van der Waals surface area contributed by atoms with Crippen molar-refractivity contribution in [1.29, 1.82) is 0 Å². The van der Waals surface area contributed by atoms with Crippen LogP contribution in [-0.4, -0.2) is 30.2 Å². The first-order valence-corrected chi connectivity index (χ1v) is 6.43. The van der Waals surface area contributed by atoms with E-state index in [1.54, 1.807) is 12.1 Å². The largest absolute Gasteiger partial charge is 0.480 e. The fraction of sp³-hybridized carbons (Fsp3) is 0.417. The number of carboxylic acids is 1. The molecule has 0 fully saturated rings. The summed E-state index contributed by atoms with van der Waals surface area (Å²) < 4.78 is 14.2. The third-order valence-corrected chi connectivity index (χ3v) is 3.02. The highest BCUT2D eigenvalue weighted by atomic mass is 79.9. The molecule has 4 N–H and O–H groups in total. The average Bonchev–Trinajstić information content (AvgIpc) is 2.32. The van der Waals surface area contributed by atoms with E-state index in [2.05, 4.69) is 21.2 Å². The molecule has 0 saturated carbocycles. The number of rotatable bonds is 7. The molecule has 6 heteroatoms. The van der Waals surface area contributed by atoms with Crippen LogP contribution in [-0.2, 0) is 11.2 Å². The maximum absolute atomic E-state index is 13.4. The number of carboxylic acid groups (broad SMARTS) is 1. The molecule has 1 rings (SSSR count). The van der Waals surface area contributed by atoms with Gasteiger partial charge in [-0.15, -0.1) is 0 Å². The molecule has 0 saturated heterocycles. The van der Waals surface area contributed by atoms with Gasteiger partial charge in [0.25, 0.3) is 0 Å². The number of nitrogens with two attached hydrogens (primary N) is 1. The van der Waals surface area contributed by atoms with Crippen molar-refractivity contribution in [1.82, 2.24) is 5.32 Å². The summed E-state index contributed by atoms with van der Waals surface area (Å²) in [5.41, 5.74) is 5.97. The first-order valence-electron chi connectivity index (χ1n) is 5.63. The van der Waals surface area contributed by atoms with Gasteiger partial charge in [0.15, 0.2) is 0 Å². The highest BCUT2D eigenvalue weighted by Crippen LogP contribution is 2.15. The zero-order valence-electron chi connectivity index (χ0n) is 9.83. The molecule has 0 spiro atoms. The third kappa shape index (κ3) is 5.12. The summed E-state index contributed by atoms with van der Waals surface area (Å²) in [6, 6.07) is 3.96. The third-order valence-electron chi connectivity index (χ3n) is 2.53. The van der Waals surface area contributed by atoms with Crippen molar-refractivity contribution in [2.24, 2.45) is 5.73 Å². The molecule has 0 radical (unpaired) electrons. The Morgan fingerprint density at radius 1 is 1.50 bits per heavy atom. The summed E-state index contributed by atoms with van der Waals surface area (Å²) in [6.07, 6.45) is 0.907. The number of halogens is 2. The van der Waals surface area contributed by atoms with Gasteiger partial charge in [0.05, 0.1) is 0 Å². The number of carbonyl (C=O) groups is 1. The standard InChI is InChI=1S/C12H16BrFN2O2/c13-9-1-2-10(14)8(7-9)3-5-16-6-4-11(15)12(17)18/h1-2,7,11,16H,3-6,15H2,(H,17,18). The van der Waals surface area contributed by atoms with Crippen LogP contribution in [0.3, 0.4) is 0 Å². The molecule has 0 aliphatic heterocycles. The predicted molar refractivity (Wildman–Crippen MR) is 70.9 cm³/mol. The highest BCUT2D eigenvalue weighted by Gasteiger charge is 2.10. The van der Waals surface area contributed by atoms with E-state index in [9.17, 15) is 9.18 Å². The zero-order chi connectivity index (χ0) is 13.5. The molecule has 1 aromatic carbocycles. The minimum atomic E-state index is -1.00. The lowest BCUT2D eigenvalue weighted by Gasteiger charge is -2.08. The van der Waals surface area contributed by atoms with Crippen LogP contribution in [0.15, 0.2) is 22.7 Å². The Kier molecular flexibility index (Phi) is 6.24. The number of hydrogen-bond donors (Lipinski definition) is 3. The van der Waals surface area contributed by atoms with Gasteiger partial charge in [-0.25, -0.2) is 4.39 Å². The number of benzene rings is 1. The van der Waals surface area contributed by atoms with Crippen LogP contribution < -0.4 is 11.1 Å². The van der Waals surface area contributed by atoms with E-state index in [1.165, 1.54) is 6.07 Å². The summed E-state index contributed by atoms with van der Waals surface area (Å²) in [5.74, 6) is -1.24. The predicted octanol–water partition coefficient (Wildman–Crippen LogP) is 1.52. The van der Waals surface area contributed by atoms with E-state index >= 15 is 0 Å². The van der Waals surface area contributed by atoms with Crippen molar-refractivity contribution in [3.05, 3.63) is 34.1 Å². The molecule has 1 unspecified atom stereocenters. The maximum Gasteiger partial charge on any atom is 0.320 e. The van der Waals surface area contributed by atoms with Crippen molar-refractivity contribution in [3.8, 4) is 0 Å². The van der Waals surface area contributed by atoms with Crippen molar-refractivity contribution >= 4 is 21.9 Å². The Balaban J connectivity index is 2.26. The fourth-order valence-corrected chi connectivity index (χ4v) is 1.87. The van der Waals surface area contributed by atoms with Gasteiger partial charge in [-0.05, 0) is 49.7 Å². The van der Waals surface area contributed by atoms with E-state index in [0.29, 0.717) is 31.5 Å². The monoisotopic (exact) mass is 318 g/mol. The minimum absolute atomic E-state index is 0.234. The molecule has 0 aliphatic rings. The van der Waals surface area contributed by atoms with E-state index in [-0.39, 0.29) is 5.82 Å². The van der Waals surface area contributed by atoms with Crippen LogP contribution in [0.4, 0.5) is 4.39 Å².